The Balaban J connectivity index is 0.000000135. The van der Waals surface area contributed by atoms with E-state index in [2.05, 4.69) is 84.2 Å². The van der Waals surface area contributed by atoms with Crippen molar-refractivity contribution in [3.8, 4) is 63.4 Å². The molecule has 0 radical (unpaired) electrons. The number of ether oxygens (including phenoxy) is 2. The number of benzene rings is 5. The summed E-state index contributed by atoms with van der Waals surface area (Å²) in [6.45, 7) is 13.7. The van der Waals surface area contributed by atoms with Crippen LogP contribution in [0.4, 0.5) is 46.0 Å². The van der Waals surface area contributed by atoms with Crippen LogP contribution < -0.4 is 30.2 Å². The van der Waals surface area contributed by atoms with Gasteiger partial charge in [0.25, 0.3) is 41.4 Å². The lowest BCUT2D eigenvalue weighted by molar-refractivity contribution is -0.126. The van der Waals surface area contributed by atoms with Crippen LogP contribution in [-0.4, -0.2) is 233 Å². The molecule has 46 heteroatoms. The highest BCUT2D eigenvalue weighted by Crippen LogP contribution is 2.40. The Labute approximate surface area is 849 Å². The minimum atomic E-state index is -1.12. The molecule has 10 amide bonds. The largest absolute Gasteiger partial charge is 0.443 e. The molecule has 0 saturated carbocycles. The third-order valence-corrected chi connectivity index (χ3v) is 24.1. The molecule has 13 aromatic rings. The molecule has 8 aromatic heterocycles. The van der Waals surface area contributed by atoms with Crippen molar-refractivity contribution in [2.75, 3.05) is 52.3 Å². The molecule has 5 aromatic carbocycles. The van der Waals surface area contributed by atoms with Crippen LogP contribution in [0.5, 0.6) is 0 Å². The van der Waals surface area contributed by atoms with E-state index in [0.29, 0.717) is 92.8 Å². The van der Waals surface area contributed by atoms with Crippen LogP contribution in [0.15, 0.2) is 199 Å². The van der Waals surface area contributed by atoms with Gasteiger partial charge in [-0.2, -0.15) is 31.1 Å². The van der Waals surface area contributed by atoms with E-state index in [9.17, 15) is 92.2 Å². The van der Waals surface area contributed by atoms with Gasteiger partial charge in [-0.3, -0.25) is 72.4 Å². The molecule has 147 heavy (non-hydrogen) atoms. The van der Waals surface area contributed by atoms with Crippen LogP contribution in [-0.2, 0) is 66.2 Å². The van der Waals surface area contributed by atoms with Gasteiger partial charge in [-0.15, -0.1) is 10.2 Å². The number of anilines is 4. The molecule has 41 nitrogen and oxygen atoms in total. The SMILES string of the molecule is Brc1ccn(Cc2ccccc2)n1.CC(C)(C)OC(=O)N1Cc2nc(-c3c(F)cccc3C#N)cc(-n3ccc(N4CC[C@H](O)C4=O)n3)c2C1=O.CC(C)(C)OC(=O)N1Cc2nc(-c3c(F)cccc3C#N)cc(Cl)c2C1=O.N#Cc1cccc(F)c1-c1cc(-n2ccc(N3CC[C@H](O)C3=O)n2)c2c(n1)CNC2=O.O=C1NCC[C@@H]1O.O=C1[C@@H](O)CCN1c1ccn(Cc2ccccc2)n1.O=C1[C@@H](O)CCN1c1ccn[nH]1. The summed E-state index contributed by atoms with van der Waals surface area (Å²) in [6.07, 6.45) is 4.26. The number of fused-ring (bicyclic) bond motifs is 3. The van der Waals surface area contributed by atoms with Crippen molar-refractivity contribution >= 4 is 110 Å². The fraction of sp³-hybridized carbons (Fsp3) is 0.277. The fourth-order valence-electron chi connectivity index (χ4n) is 16.4. The second-order valence-corrected chi connectivity index (χ2v) is 37.1. The summed E-state index contributed by atoms with van der Waals surface area (Å²) in [5, 5.41) is 104. The molecular weight excluding hydrogens is 1990 g/mol. The number of nitrogens with zero attached hydrogens (tertiary/aromatic N) is 21. The van der Waals surface area contributed by atoms with Crippen LogP contribution in [0.1, 0.15) is 150 Å². The second kappa shape index (κ2) is 45.0. The number of hydrogen-bond acceptors (Lipinski definition) is 28. The van der Waals surface area contributed by atoms with E-state index in [1.807, 2.05) is 89.9 Å². The van der Waals surface area contributed by atoms with E-state index in [1.165, 1.54) is 120 Å². The summed E-state index contributed by atoms with van der Waals surface area (Å²) in [5.74, 6) is -3.42. The second-order valence-electron chi connectivity index (χ2n) is 35.9. The number of aliphatic hydroxyl groups excluding tert-OH is 5. The number of aromatic nitrogens is 13. The normalized spacial score (nSPS) is 17.3. The van der Waals surface area contributed by atoms with Crippen LogP contribution in [0, 0.1) is 51.4 Å². The molecule has 8 aliphatic heterocycles. The van der Waals surface area contributed by atoms with Crippen molar-refractivity contribution in [3.63, 3.8) is 0 Å². The molecule has 754 valence electrons. The summed E-state index contributed by atoms with van der Waals surface area (Å²) in [7, 11) is 0. The summed E-state index contributed by atoms with van der Waals surface area (Å²) in [6, 6.07) is 51.2. The van der Waals surface area contributed by atoms with E-state index in [-0.39, 0.29) is 146 Å². The number of halogens is 5. The minimum Gasteiger partial charge on any atom is -0.443 e. The Morgan fingerprint density at radius 2 is 0.857 bits per heavy atom. The number of amides is 10. The molecule has 0 bridgehead atoms. The predicted molar refractivity (Wildman–Crippen MR) is 523 cm³/mol. The van der Waals surface area contributed by atoms with E-state index in [1.54, 1.807) is 76.8 Å². The maximum atomic E-state index is 14.9. The number of aromatic amines is 1. The van der Waals surface area contributed by atoms with Gasteiger partial charge in [-0.1, -0.05) is 90.5 Å². The lowest BCUT2D eigenvalue weighted by atomic mass is 10.0. The molecule has 0 unspecified atom stereocenters. The number of carbonyl (C=O) groups excluding carboxylic acids is 10. The number of pyridine rings is 3. The number of nitrogens with one attached hydrogen (secondary N) is 3. The lowest BCUT2D eigenvalue weighted by Crippen LogP contribution is -2.37. The van der Waals surface area contributed by atoms with Crippen molar-refractivity contribution in [2.24, 2.45) is 0 Å². The number of rotatable bonds is 13. The zero-order chi connectivity index (χ0) is 105. The maximum Gasteiger partial charge on any atom is 0.417 e. The molecule has 16 heterocycles. The molecule has 5 fully saturated rings. The zero-order valence-electron chi connectivity index (χ0n) is 79.4. The number of carbonyl (C=O) groups is 10. The standard InChI is InChI=1S/C26H23FN6O5.C21H15FN6O3.C19H15ClFN3O3.C14H15N3O2.C10H9BrN2.C7H9N3O2.C4H7NO2/c1-26(2,3)38-25(37)32-13-17-22(24(32)36)18(11-16(29-17)21-14(12-28)5-4-6-15(21)27)33-10-8-20(30-33)31-9-7-19(34)23(31)35;22-12-3-1-2-11(9-23)18(12)13-8-15(19-14(25-13)10-24-20(19)30)28-7-5-17(26-28)27-6-4-16(29)21(27)31;1-19(2,3)27-18(26)24-9-14-16(17(24)25)11(20)7-13(23-14)15-10(8-22)5-4-6-12(15)21;18-12-6-9-17(14(12)19)13-7-8-16(15-13)10-11-4-2-1-3-5-11;11-10-6-7-13(12-10)8-9-4-2-1-3-5-9;11-5-2-4-10(7(5)12)6-1-3-8-9-6;6-3-1-2-5-4(3)7/h4-6,8,10-11,19,34H,7,9,13H2,1-3H3;1-3,5,7-8,16,29H,4,6,10H2,(H,24,30);4-7H,9H2,1-3H3;1-5,7-8,12,18H,6,9-10H2;1-7H,8H2;1,3,5,11H,2,4H2,(H,8,9);3,6H,1-2H2,(H,5,7)/t19-;16-;;12-;;5-;3-/m00.0.00/s1. The topological polar surface area (TPSA) is 544 Å². The first-order valence-electron chi connectivity index (χ1n) is 45.8. The van der Waals surface area contributed by atoms with Crippen molar-refractivity contribution in [1.82, 2.24) is 84.7 Å². The van der Waals surface area contributed by atoms with Crippen molar-refractivity contribution in [1.29, 1.82) is 15.8 Å². The molecular formula is C101H93BrClF3N24O17. The van der Waals surface area contributed by atoms with Gasteiger partial charge >= 0.3 is 12.2 Å². The highest BCUT2D eigenvalue weighted by molar-refractivity contribution is 9.10. The molecule has 5 saturated heterocycles. The Bertz CT molecular complexity index is 7380. The quantitative estimate of drug-likeness (QED) is 0.0531. The predicted octanol–water partition coefficient (Wildman–Crippen LogP) is 10.6. The first-order valence-corrected chi connectivity index (χ1v) is 47.0. The van der Waals surface area contributed by atoms with Crippen molar-refractivity contribution < 1.29 is 96.1 Å². The first-order chi connectivity index (χ1) is 70.2. The smallest absolute Gasteiger partial charge is 0.417 e. The average molecular weight is 2090 g/mol. The Morgan fingerprint density at radius 1 is 0.456 bits per heavy atom. The number of H-pyrrole nitrogens is 1. The minimum absolute atomic E-state index is 0.00660. The Hall–Kier alpha value is -16.9. The van der Waals surface area contributed by atoms with E-state index in [4.69, 9.17) is 31.3 Å². The summed E-state index contributed by atoms with van der Waals surface area (Å²) >= 11 is 9.54. The molecule has 8 aliphatic rings. The van der Waals surface area contributed by atoms with E-state index < -0.39 is 95.0 Å². The number of aliphatic hydroxyl groups is 5. The third kappa shape index (κ3) is 24.0. The van der Waals surface area contributed by atoms with Crippen LogP contribution in [0.2, 0.25) is 5.02 Å². The van der Waals surface area contributed by atoms with Gasteiger partial charge in [0.15, 0.2) is 17.5 Å². The lowest BCUT2D eigenvalue weighted by Gasteiger charge is -2.23. The van der Waals surface area contributed by atoms with Gasteiger partial charge in [0, 0.05) is 107 Å². The zero-order valence-corrected chi connectivity index (χ0v) is 81.7. The number of hydrogen-bond donors (Lipinski definition) is 8. The van der Waals surface area contributed by atoms with Crippen LogP contribution in [0.25, 0.3) is 45.1 Å². The van der Waals surface area contributed by atoms with Gasteiger partial charge in [0.2, 0.25) is 5.91 Å². The van der Waals surface area contributed by atoms with Gasteiger partial charge in [-0.25, -0.2) is 56.9 Å². The summed E-state index contributed by atoms with van der Waals surface area (Å²) in [4.78, 5) is 142. The molecule has 21 rings (SSSR count). The van der Waals surface area contributed by atoms with Crippen LogP contribution in [0.3, 0.4) is 0 Å². The monoisotopic (exact) mass is 2080 g/mol. The van der Waals surface area contributed by atoms with Crippen molar-refractivity contribution in [3.05, 3.63) is 283 Å². The van der Waals surface area contributed by atoms with Gasteiger partial charge in [-0.05, 0) is 136 Å². The number of nitriles is 3. The Kier molecular flexibility index (Phi) is 32.0. The molecule has 8 N–H and O–H groups in total. The van der Waals surface area contributed by atoms with Crippen LogP contribution >= 0.6 is 27.5 Å². The molecule has 5 atom stereocenters. The molecule has 0 aliphatic carbocycles. The summed E-state index contributed by atoms with van der Waals surface area (Å²) in [5.41, 5.74) is 3.13. The van der Waals surface area contributed by atoms with E-state index >= 15 is 0 Å². The average Bonchev–Trinajstić information content (AvgIpc) is 1.60. The molecule has 0 spiro atoms. The third-order valence-electron chi connectivity index (χ3n) is 23.4. The van der Waals surface area contributed by atoms with E-state index in [0.717, 1.165) is 26.5 Å². The van der Waals surface area contributed by atoms with Crippen molar-refractivity contribution in [2.45, 2.75) is 148 Å². The fourth-order valence-corrected chi connectivity index (χ4v) is 17.0. The highest BCUT2D eigenvalue weighted by Gasteiger charge is 2.43. The highest BCUT2D eigenvalue weighted by atomic mass is 79.9. The van der Waals surface area contributed by atoms with Gasteiger partial charge in [0.05, 0.1) is 158 Å². The van der Waals surface area contributed by atoms with Gasteiger partial charge in [0.1, 0.15) is 69.6 Å². The Morgan fingerprint density at radius 3 is 1.24 bits per heavy atom. The summed E-state index contributed by atoms with van der Waals surface area (Å²) < 4.78 is 61.7. The first kappa shape index (κ1) is 104. The number of imide groups is 2. The van der Waals surface area contributed by atoms with Gasteiger partial charge < -0.3 is 45.6 Å². The maximum absolute atomic E-state index is 14.9.